The molecule has 7 heteroatoms. The van der Waals surface area contributed by atoms with E-state index < -0.39 is 0 Å². The molecule has 0 unspecified atom stereocenters. The minimum absolute atomic E-state index is 0.637. The molecule has 1 heterocycles. The van der Waals surface area contributed by atoms with Crippen molar-refractivity contribution in [2.24, 2.45) is 0 Å². The van der Waals surface area contributed by atoms with Crippen LogP contribution in [0.15, 0.2) is 26.9 Å². The number of rotatable bonds is 5. The summed E-state index contributed by atoms with van der Waals surface area (Å²) in [6.07, 6.45) is 1.98. The van der Waals surface area contributed by atoms with Crippen molar-refractivity contribution in [2.45, 2.75) is 14.4 Å². The fourth-order valence-corrected chi connectivity index (χ4v) is 3.85. The molecule has 0 saturated carbocycles. The van der Waals surface area contributed by atoms with Crippen molar-refractivity contribution in [2.75, 3.05) is 13.4 Å². The molecule has 0 N–H and O–H groups in total. The Balaban J connectivity index is 2.11. The van der Waals surface area contributed by atoms with Crippen molar-refractivity contribution >= 4 is 34.9 Å². The van der Waals surface area contributed by atoms with Crippen molar-refractivity contribution < 1.29 is 4.74 Å². The van der Waals surface area contributed by atoms with Gasteiger partial charge in [-0.05, 0) is 24.5 Å². The molecule has 1 aromatic heterocycles. The quantitative estimate of drug-likeness (QED) is 0.789. The number of methoxy groups -OCH3 is 1. The van der Waals surface area contributed by atoms with Crippen molar-refractivity contribution in [3.05, 3.63) is 29.3 Å². The summed E-state index contributed by atoms with van der Waals surface area (Å²) in [7, 11) is 1.63. The van der Waals surface area contributed by atoms with Gasteiger partial charge in [0.2, 0.25) is 0 Å². The highest BCUT2D eigenvalue weighted by Gasteiger charge is 2.08. The Kier molecular flexibility index (Phi) is 5.07. The van der Waals surface area contributed by atoms with Crippen LogP contribution in [0.2, 0.25) is 0 Å². The first-order valence-corrected chi connectivity index (χ1v) is 8.37. The van der Waals surface area contributed by atoms with E-state index in [2.05, 4.69) is 16.3 Å². The first-order valence-electron chi connectivity index (χ1n) is 5.34. The molecule has 0 aliphatic heterocycles. The van der Waals surface area contributed by atoms with E-state index in [9.17, 15) is 0 Å². The van der Waals surface area contributed by atoms with E-state index in [1.54, 1.807) is 48.0 Å². The van der Waals surface area contributed by atoms with Crippen LogP contribution < -0.4 is 4.74 Å². The summed E-state index contributed by atoms with van der Waals surface area (Å²) in [5, 5.41) is 17.1. The second kappa shape index (κ2) is 6.80. The average molecular weight is 309 g/mol. The second-order valence-electron chi connectivity index (χ2n) is 3.47. The minimum Gasteiger partial charge on any atom is -0.496 e. The summed E-state index contributed by atoms with van der Waals surface area (Å²) in [6.45, 7) is 0. The summed E-state index contributed by atoms with van der Waals surface area (Å²) in [5.41, 5.74) is 1.63. The second-order valence-corrected chi connectivity index (χ2v) is 6.72. The maximum absolute atomic E-state index is 8.93. The number of ether oxygens (including phenoxy) is 1. The number of aromatic nitrogens is 2. The van der Waals surface area contributed by atoms with E-state index in [0.717, 1.165) is 20.0 Å². The van der Waals surface area contributed by atoms with Crippen molar-refractivity contribution in [1.82, 2.24) is 10.2 Å². The smallest absolute Gasteiger partial charge is 0.175 e. The largest absolute Gasteiger partial charge is 0.496 e. The first kappa shape index (κ1) is 14.2. The predicted molar refractivity (Wildman–Crippen MR) is 79.0 cm³/mol. The van der Waals surface area contributed by atoms with Gasteiger partial charge in [-0.3, -0.25) is 0 Å². The Labute approximate surface area is 124 Å². The number of hydrogen-bond donors (Lipinski definition) is 0. The van der Waals surface area contributed by atoms with Crippen LogP contribution in [0.3, 0.4) is 0 Å². The van der Waals surface area contributed by atoms with E-state index in [0.29, 0.717) is 11.3 Å². The summed E-state index contributed by atoms with van der Waals surface area (Å²) >= 11 is 4.76. The van der Waals surface area contributed by atoms with E-state index in [1.165, 1.54) is 0 Å². The van der Waals surface area contributed by atoms with Crippen LogP contribution in [0.25, 0.3) is 0 Å². The van der Waals surface area contributed by atoms with Crippen molar-refractivity contribution in [3.63, 3.8) is 0 Å². The molecule has 0 saturated heterocycles. The molecule has 0 aliphatic carbocycles. The van der Waals surface area contributed by atoms with Crippen LogP contribution in [0.1, 0.15) is 11.1 Å². The molecule has 19 heavy (non-hydrogen) atoms. The molecule has 0 aliphatic rings. The fourth-order valence-electron chi connectivity index (χ4n) is 1.44. The van der Waals surface area contributed by atoms with Gasteiger partial charge < -0.3 is 4.74 Å². The molecular formula is C12H11N3OS3. The topological polar surface area (TPSA) is 58.8 Å². The van der Waals surface area contributed by atoms with Gasteiger partial charge in [0.15, 0.2) is 8.68 Å². The molecule has 0 bridgehead atoms. The summed E-state index contributed by atoms with van der Waals surface area (Å²) < 4.78 is 7.18. The SMILES string of the molecule is COc1ccc(C#N)cc1CSc1nnc(SC)s1. The lowest BCUT2D eigenvalue weighted by atomic mass is 10.1. The third kappa shape index (κ3) is 3.62. The van der Waals surface area contributed by atoms with Gasteiger partial charge in [0.1, 0.15) is 5.75 Å². The number of hydrogen-bond acceptors (Lipinski definition) is 7. The molecule has 0 atom stereocenters. The van der Waals surface area contributed by atoms with Gasteiger partial charge in [-0.2, -0.15) is 5.26 Å². The number of benzene rings is 1. The molecule has 2 aromatic rings. The van der Waals surface area contributed by atoms with Crippen LogP contribution in [0.4, 0.5) is 0 Å². The Morgan fingerprint density at radius 1 is 1.37 bits per heavy atom. The van der Waals surface area contributed by atoms with Gasteiger partial charge in [0.05, 0.1) is 18.7 Å². The van der Waals surface area contributed by atoms with Crippen molar-refractivity contribution in [1.29, 1.82) is 5.26 Å². The van der Waals surface area contributed by atoms with Gasteiger partial charge in [-0.25, -0.2) is 0 Å². The zero-order chi connectivity index (χ0) is 13.7. The molecule has 0 radical (unpaired) electrons. The standard InChI is InChI=1S/C12H11N3OS3/c1-16-10-4-3-8(6-13)5-9(10)7-18-12-15-14-11(17-2)19-12/h3-5H,7H2,1-2H3. The Morgan fingerprint density at radius 3 is 2.79 bits per heavy atom. The fraction of sp³-hybridized carbons (Fsp3) is 0.250. The minimum atomic E-state index is 0.637. The van der Waals surface area contributed by atoms with Crippen LogP contribution in [0.5, 0.6) is 5.75 Å². The summed E-state index contributed by atoms with van der Waals surface area (Å²) in [5.74, 6) is 1.50. The number of nitriles is 1. The highest BCUT2D eigenvalue weighted by atomic mass is 32.2. The molecule has 98 valence electrons. The third-order valence-corrected chi connectivity index (χ3v) is 5.40. The van der Waals surface area contributed by atoms with Crippen LogP contribution >= 0.6 is 34.9 Å². The Bertz CT molecular complexity index is 607. The number of thioether (sulfide) groups is 2. The maximum atomic E-state index is 8.93. The van der Waals surface area contributed by atoms with Gasteiger partial charge in [0.25, 0.3) is 0 Å². The number of nitrogens with zero attached hydrogens (tertiary/aromatic N) is 3. The van der Waals surface area contributed by atoms with Crippen LogP contribution in [-0.4, -0.2) is 23.6 Å². The van der Waals surface area contributed by atoms with Gasteiger partial charge in [0, 0.05) is 11.3 Å². The molecule has 1 aromatic carbocycles. The molecular weight excluding hydrogens is 298 g/mol. The van der Waals surface area contributed by atoms with Crippen LogP contribution in [0, 0.1) is 11.3 Å². The molecule has 0 amide bonds. The third-order valence-electron chi connectivity index (χ3n) is 2.32. The molecule has 2 rings (SSSR count). The monoisotopic (exact) mass is 309 g/mol. The lowest BCUT2D eigenvalue weighted by Gasteiger charge is -2.07. The van der Waals surface area contributed by atoms with Gasteiger partial charge in [-0.15, -0.1) is 10.2 Å². The van der Waals surface area contributed by atoms with E-state index >= 15 is 0 Å². The highest BCUT2D eigenvalue weighted by molar-refractivity contribution is 8.02. The summed E-state index contributed by atoms with van der Waals surface area (Å²) in [6, 6.07) is 7.56. The van der Waals surface area contributed by atoms with E-state index in [4.69, 9.17) is 10.00 Å². The normalized spacial score (nSPS) is 10.2. The van der Waals surface area contributed by atoms with E-state index in [-0.39, 0.29) is 0 Å². The van der Waals surface area contributed by atoms with Crippen LogP contribution in [-0.2, 0) is 5.75 Å². The predicted octanol–water partition coefficient (Wildman–Crippen LogP) is 3.43. The maximum Gasteiger partial charge on any atom is 0.175 e. The Hall–Kier alpha value is -1.23. The molecule has 0 spiro atoms. The molecule has 4 nitrogen and oxygen atoms in total. The van der Waals surface area contributed by atoms with E-state index in [1.807, 2.05) is 18.4 Å². The van der Waals surface area contributed by atoms with Crippen molar-refractivity contribution in [3.8, 4) is 11.8 Å². The lowest BCUT2D eigenvalue weighted by molar-refractivity contribution is 0.411. The van der Waals surface area contributed by atoms with Gasteiger partial charge in [-0.1, -0.05) is 34.9 Å². The molecule has 0 fully saturated rings. The lowest BCUT2D eigenvalue weighted by Crippen LogP contribution is -1.91. The summed E-state index contributed by atoms with van der Waals surface area (Å²) in [4.78, 5) is 0. The first-order chi connectivity index (χ1) is 9.26. The van der Waals surface area contributed by atoms with Gasteiger partial charge >= 0.3 is 0 Å². The average Bonchev–Trinajstić information content (AvgIpc) is 2.92. The zero-order valence-corrected chi connectivity index (χ0v) is 12.9. The zero-order valence-electron chi connectivity index (χ0n) is 10.4. The highest BCUT2D eigenvalue weighted by Crippen LogP contribution is 2.32. The Morgan fingerprint density at radius 2 is 2.16 bits per heavy atom.